The summed E-state index contributed by atoms with van der Waals surface area (Å²) in [6.45, 7) is 3.81. The van der Waals surface area contributed by atoms with Crippen molar-refractivity contribution in [2.75, 3.05) is 33.9 Å². The fourth-order valence-corrected chi connectivity index (χ4v) is 6.56. The average Bonchev–Trinajstić information content (AvgIpc) is 3.46. The number of amides is 1. The topological polar surface area (TPSA) is 109 Å². The van der Waals surface area contributed by atoms with Crippen molar-refractivity contribution in [3.05, 3.63) is 59.6 Å². The van der Waals surface area contributed by atoms with Gasteiger partial charge < -0.3 is 19.5 Å². The van der Waals surface area contributed by atoms with Crippen LogP contribution in [0.3, 0.4) is 0 Å². The molecule has 0 radical (unpaired) electrons. The number of likely N-dealkylation sites (N-methyl/N-ethyl adjacent to an activating group) is 1. The fourth-order valence-electron chi connectivity index (χ4n) is 4.18. The summed E-state index contributed by atoms with van der Waals surface area (Å²) in [4.78, 5) is 19.7. The Kier molecular flexibility index (Phi) is 8.17. The van der Waals surface area contributed by atoms with Crippen molar-refractivity contribution >= 4 is 27.3 Å². The van der Waals surface area contributed by atoms with Crippen molar-refractivity contribution in [1.82, 2.24) is 14.2 Å². The number of aliphatic hydroxyl groups is 1. The molecule has 0 spiro atoms. The molecule has 9 nitrogen and oxygen atoms in total. The molecule has 0 bridgehead atoms. The molecule has 4 rings (SSSR count). The molecule has 0 fully saturated rings. The van der Waals surface area contributed by atoms with Crippen LogP contribution in [-0.4, -0.2) is 79.6 Å². The Morgan fingerprint density at radius 2 is 2.00 bits per heavy atom. The lowest BCUT2D eigenvalue weighted by molar-refractivity contribution is 0.0373. The Labute approximate surface area is 221 Å². The molecule has 0 saturated heterocycles. The number of methoxy groups -OCH3 is 1. The number of pyridine rings is 1. The van der Waals surface area contributed by atoms with Gasteiger partial charge in [-0.25, -0.2) is 13.4 Å². The summed E-state index contributed by atoms with van der Waals surface area (Å²) in [5.74, 6) is 0.305. The van der Waals surface area contributed by atoms with E-state index in [2.05, 4.69) is 4.98 Å². The standard InChI is InChI=1S/C26H31N3O6S2/c1-17-14-29(18(2)16-30)26(31)22-12-20(19-7-9-21(34-4)10-8-19)13-27-25(22)35-23(17)15-28(3)37(32,33)24-6-5-11-36-24/h5-13,17-18,23,30H,14-16H2,1-4H3/t17-,18+,23-/m0/s1. The molecular formula is C26H31N3O6S2. The van der Waals surface area contributed by atoms with E-state index >= 15 is 0 Å². The number of ether oxygens (including phenoxy) is 2. The van der Waals surface area contributed by atoms with Crippen LogP contribution >= 0.6 is 11.3 Å². The van der Waals surface area contributed by atoms with Gasteiger partial charge in [-0.05, 0) is 42.1 Å². The number of thiophene rings is 1. The van der Waals surface area contributed by atoms with Gasteiger partial charge in [0.05, 0.1) is 26.3 Å². The minimum absolute atomic E-state index is 0.0677. The number of hydrogen-bond donors (Lipinski definition) is 1. The van der Waals surface area contributed by atoms with Crippen LogP contribution in [0.25, 0.3) is 11.1 Å². The molecular weight excluding hydrogens is 514 g/mol. The summed E-state index contributed by atoms with van der Waals surface area (Å²) in [6.07, 6.45) is 1.04. The predicted molar refractivity (Wildman–Crippen MR) is 142 cm³/mol. The van der Waals surface area contributed by atoms with E-state index in [1.807, 2.05) is 31.2 Å². The maximum Gasteiger partial charge on any atom is 0.259 e. The Morgan fingerprint density at radius 1 is 1.27 bits per heavy atom. The van der Waals surface area contributed by atoms with Crippen LogP contribution in [0.5, 0.6) is 11.6 Å². The first-order chi connectivity index (χ1) is 17.6. The van der Waals surface area contributed by atoms with E-state index < -0.39 is 22.2 Å². The van der Waals surface area contributed by atoms with Gasteiger partial charge in [0.2, 0.25) is 5.88 Å². The highest BCUT2D eigenvalue weighted by molar-refractivity contribution is 7.91. The van der Waals surface area contributed by atoms with Crippen molar-refractivity contribution < 1.29 is 27.8 Å². The smallest absolute Gasteiger partial charge is 0.259 e. The molecule has 1 amide bonds. The lowest BCUT2D eigenvalue weighted by Gasteiger charge is -2.37. The maximum atomic E-state index is 13.6. The lowest BCUT2D eigenvalue weighted by atomic mass is 9.99. The third-order valence-corrected chi connectivity index (χ3v) is 9.74. The maximum absolute atomic E-state index is 13.6. The van der Waals surface area contributed by atoms with Gasteiger partial charge in [0, 0.05) is 31.3 Å². The number of fused-ring (bicyclic) bond motifs is 1. The number of aliphatic hydroxyl groups excluding tert-OH is 1. The first-order valence-corrected chi connectivity index (χ1v) is 14.2. The van der Waals surface area contributed by atoms with Crippen LogP contribution in [-0.2, 0) is 10.0 Å². The highest BCUT2D eigenvalue weighted by Crippen LogP contribution is 2.31. The van der Waals surface area contributed by atoms with Crippen LogP contribution < -0.4 is 9.47 Å². The number of nitrogens with zero attached hydrogens (tertiary/aromatic N) is 3. The summed E-state index contributed by atoms with van der Waals surface area (Å²) < 4.78 is 39.1. The molecule has 3 heterocycles. The number of carbonyl (C=O) groups excluding carboxylic acids is 1. The Bertz CT molecular complexity index is 1330. The van der Waals surface area contributed by atoms with Crippen molar-refractivity contribution in [2.24, 2.45) is 5.92 Å². The van der Waals surface area contributed by atoms with E-state index in [0.717, 1.165) is 22.5 Å². The minimum Gasteiger partial charge on any atom is -0.497 e. The molecule has 2 aromatic heterocycles. The number of aromatic nitrogens is 1. The molecule has 3 atom stereocenters. The van der Waals surface area contributed by atoms with Crippen LogP contribution in [0, 0.1) is 5.92 Å². The van der Waals surface area contributed by atoms with Crippen LogP contribution in [0.2, 0.25) is 0 Å². The molecule has 11 heteroatoms. The normalized spacial score (nSPS) is 19.1. The zero-order chi connectivity index (χ0) is 26.7. The third-order valence-electron chi connectivity index (χ3n) is 6.54. The molecule has 3 aromatic rings. The first-order valence-electron chi connectivity index (χ1n) is 11.9. The molecule has 0 saturated carbocycles. The molecule has 0 aliphatic carbocycles. The SMILES string of the molecule is COc1ccc(-c2cnc3c(c2)C(=O)N([C@H](C)CO)C[C@H](C)[C@H](CN(C)S(=O)(=O)c2cccs2)O3)cc1. The van der Waals surface area contributed by atoms with Crippen molar-refractivity contribution in [3.63, 3.8) is 0 Å². The Morgan fingerprint density at radius 3 is 2.62 bits per heavy atom. The summed E-state index contributed by atoms with van der Waals surface area (Å²) in [7, 11) is -0.579. The highest BCUT2D eigenvalue weighted by Gasteiger charge is 2.36. The first kappa shape index (κ1) is 27.1. The Hall–Kier alpha value is -2.99. The fraction of sp³-hybridized carbons (Fsp3) is 0.385. The van der Waals surface area contributed by atoms with Crippen molar-refractivity contribution in [3.8, 4) is 22.8 Å². The lowest BCUT2D eigenvalue weighted by Crippen LogP contribution is -2.50. The van der Waals surface area contributed by atoms with Gasteiger partial charge in [-0.1, -0.05) is 25.1 Å². The zero-order valence-electron chi connectivity index (χ0n) is 21.2. The number of sulfonamides is 1. The van der Waals surface area contributed by atoms with Gasteiger partial charge in [0.25, 0.3) is 15.9 Å². The number of rotatable bonds is 8. The highest BCUT2D eigenvalue weighted by atomic mass is 32.2. The van der Waals surface area contributed by atoms with E-state index in [1.54, 1.807) is 48.7 Å². The quantitative estimate of drug-likeness (QED) is 0.462. The second-order valence-corrected chi connectivity index (χ2v) is 12.4. The van der Waals surface area contributed by atoms with E-state index in [9.17, 15) is 18.3 Å². The molecule has 1 N–H and O–H groups in total. The van der Waals surface area contributed by atoms with Crippen LogP contribution in [0.4, 0.5) is 0 Å². The minimum atomic E-state index is -3.69. The molecule has 1 aromatic carbocycles. The van der Waals surface area contributed by atoms with Gasteiger partial charge in [-0.2, -0.15) is 4.31 Å². The molecule has 37 heavy (non-hydrogen) atoms. The molecule has 198 valence electrons. The Balaban J connectivity index is 1.71. The van der Waals surface area contributed by atoms with Gasteiger partial charge in [-0.3, -0.25) is 4.79 Å². The number of benzene rings is 1. The molecule has 1 aliphatic rings. The summed E-state index contributed by atoms with van der Waals surface area (Å²) in [5.41, 5.74) is 1.83. The summed E-state index contributed by atoms with van der Waals surface area (Å²) in [6, 6.07) is 11.9. The number of carbonyl (C=O) groups is 1. The van der Waals surface area contributed by atoms with E-state index in [0.29, 0.717) is 5.75 Å². The molecule has 0 unspecified atom stereocenters. The second kappa shape index (κ2) is 11.2. The third kappa shape index (κ3) is 5.64. The van der Waals surface area contributed by atoms with E-state index in [1.165, 1.54) is 11.4 Å². The van der Waals surface area contributed by atoms with E-state index in [4.69, 9.17) is 9.47 Å². The van der Waals surface area contributed by atoms with Gasteiger partial charge in [0.1, 0.15) is 21.6 Å². The second-order valence-electron chi connectivity index (χ2n) is 9.15. The van der Waals surface area contributed by atoms with Gasteiger partial charge in [-0.15, -0.1) is 11.3 Å². The average molecular weight is 546 g/mol. The zero-order valence-corrected chi connectivity index (χ0v) is 22.8. The summed E-state index contributed by atoms with van der Waals surface area (Å²) in [5, 5.41) is 11.6. The number of hydrogen-bond acceptors (Lipinski definition) is 8. The van der Waals surface area contributed by atoms with Crippen LogP contribution in [0.1, 0.15) is 24.2 Å². The van der Waals surface area contributed by atoms with Gasteiger partial charge in [0.15, 0.2) is 0 Å². The summed E-state index contributed by atoms with van der Waals surface area (Å²) >= 11 is 1.16. The largest absolute Gasteiger partial charge is 0.497 e. The predicted octanol–water partition coefficient (Wildman–Crippen LogP) is 3.36. The van der Waals surface area contributed by atoms with Crippen molar-refractivity contribution in [1.29, 1.82) is 0 Å². The van der Waals surface area contributed by atoms with Gasteiger partial charge >= 0.3 is 0 Å². The van der Waals surface area contributed by atoms with Crippen molar-refractivity contribution in [2.45, 2.75) is 30.2 Å². The van der Waals surface area contributed by atoms with Crippen LogP contribution in [0.15, 0.2) is 58.3 Å². The van der Waals surface area contributed by atoms with E-state index in [-0.39, 0.29) is 47.2 Å². The monoisotopic (exact) mass is 545 g/mol. The molecule has 1 aliphatic heterocycles.